The summed E-state index contributed by atoms with van der Waals surface area (Å²) in [5.74, 6) is 0.199. The second-order valence-corrected chi connectivity index (χ2v) is 8.01. The highest BCUT2D eigenvalue weighted by atomic mass is 35.5. The third kappa shape index (κ3) is 3.53. The molecule has 1 aromatic carbocycles. The molecule has 5 heteroatoms. The van der Waals surface area contributed by atoms with E-state index in [4.69, 9.17) is 23.2 Å². The molecule has 1 aliphatic heterocycles. The van der Waals surface area contributed by atoms with Crippen LogP contribution in [0, 0.1) is 0 Å². The number of hydrogen-bond donors (Lipinski definition) is 0. The molecule has 0 fully saturated rings. The van der Waals surface area contributed by atoms with Gasteiger partial charge in [0.25, 0.3) is 0 Å². The van der Waals surface area contributed by atoms with Gasteiger partial charge in [-0.1, -0.05) is 48.0 Å². The predicted octanol–water partition coefficient (Wildman–Crippen LogP) is 5.15. The molecule has 0 saturated heterocycles. The van der Waals surface area contributed by atoms with Gasteiger partial charge in [-0.15, -0.1) is 11.3 Å². The Kier molecular flexibility index (Phi) is 4.93. The van der Waals surface area contributed by atoms with Gasteiger partial charge in [-0.25, -0.2) is 0 Å². The standard InChI is InChI=1S/C18H17Cl2NOS/c1-11(12(2)22)8-21-9-15(13-5-3-4-6-16(13)19)14-7-18(20)23-17(14)10-21/h3-7,15H,1,8-10H2,2H3/t15-/m0/s1. The molecule has 0 saturated carbocycles. The first-order chi connectivity index (χ1) is 11.0. The van der Waals surface area contributed by atoms with Gasteiger partial charge in [0.05, 0.1) is 4.34 Å². The Balaban J connectivity index is 1.96. The molecular weight excluding hydrogens is 349 g/mol. The van der Waals surface area contributed by atoms with Crippen LogP contribution in [0.4, 0.5) is 0 Å². The monoisotopic (exact) mass is 365 g/mol. The van der Waals surface area contributed by atoms with Gasteiger partial charge in [0.1, 0.15) is 0 Å². The number of carbonyl (C=O) groups excluding carboxylic acids is 1. The van der Waals surface area contributed by atoms with Crippen molar-refractivity contribution in [2.45, 2.75) is 19.4 Å². The van der Waals surface area contributed by atoms with Crippen molar-refractivity contribution in [1.82, 2.24) is 4.90 Å². The van der Waals surface area contributed by atoms with Gasteiger partial charge in [-0.05, 0) is 30.2 Å². The highest BCUT2D eigenvalue weighted by Gasteiger charge is 2.30. The predicted molar refractivity (Wildman–Crippen MR) is 97.7 cm³/mol. The van der Waals surface area contributed by atoms with Crippen LogP contribution < -0.4 is 0 Å². The Morgan fingerprint density at radius 3 is 2.78 bits per heavy atom. The molecule has 0 amide bonds. The van der Waals surface area contributed by atoms with Crippen LogP contribution in [0.3, 0.4) is 0 Å². The second kappa shape index (κ2) is 6.78. The third-order valence-electron chi connectivity index (χ3n) is 4.19. The van der Waals surface area contributed by atoms with E-state index in [0.717, 1.165) is 28.0 Å². The Bertz CT molecular complexity index is 768. The van der Waals surface area contributed by atoms with Gasteiger partial charge in [0.2, 0.25) is 0 Å². The molecule has 0 radical (unpaired) electrons. The average molecular weight is 366 g/mol. The summed E-state index contributed by atoms with van der Waals surface area (Å²) >= 11 is 14.3. The first kappa shape index (κ1) is 16.7. The summed E-state index contributed by atoms with van der Waals surface area (Å²) in [4.78, 5) is 15.0. The molecule has 120 valence electrons. The molecule has 1 aliphatic rings. The fourth-order valence-corrected chi connectivity index (χ4v) is 4.63. The van der Waals surface area contributed by atoms with Gasteiger partial charge >= 0.3 is 0 Å². The van der Waals surface area contributed by atoms with E-state index in [-0.39, 0.29) is 11.7 Å². The van der Waals surface area contributed by atoms with Crippen molar-refractivity contribution in [3.63, 3.8) is 0 Å². The maximum Gasteiger partial charge on any atom is 0.156 e. The minimum atomic E-state index is 0.0364. The van der Waals surface area contributed by atoms with Crippen molar-refractivity contribution >= 4 is 40.3 Å². The highest BCUT2D eigenvalue weighted by Crippen LogP contribution is 2.41. The van der Waals surface area contributed by atoms with Crippen LogP contribution in [-0.2, 0) is 11.3 Å². The number of halogens is 2. The summed E-state index contributed by atoms with van der Waals surface area (Å²) in [5.41, 5.74) is 2.98. The number of Topliss-reactive ketones (excluding diaryl/α,β-unsaturated/α-hetero) is 1. The van der Waals surface area contributed by atoms with Crippen LogP contribution in [-0.4, -0.2) is 23.8 Å². The van der Waals surface area contributed by atoms with Crippen LogP contribution in [0.25, 0.3) is 0 Å². The van der Waals surface area contributed by atoms with Gasteiger partial charge in [-0.2, -0.15) is 0 Å². The normalized spacial score (nSPS) is 17.8. The molecular formula is C18H17Cl2NOS. The number of ketones is 1. The minimum absolute atomic E-state index is 0.0364. The number of fused-ring (bicyclic) bond motifs is 1. The van der Waals surface area contributed by atoms with Gasteiger partial charge in [0.15, 0.2) is 5.78 Å². The van der Waals surface area contributed by atoms with Gasteiger partial charge < -0.3 is 0 Å². The number of rotatable bonds is 4. The molecule has 2 nitrogen and oxygen atoms in total. The Labute approximate surface area is 150 Å². The quantitative estimate of drug-likeness (QED) is 0.698. The fourth-order valence-electron chi connectivity index (χ4n) is 2.98. The van der Waals surface area contributed by atoms with Crippen LogP contribution in [0.1, 0.15) is 28.8 Å². The maximum absolute atomic E-state index is 11.5. The summed E-state index contributed by atoms with van der Waals surface area (Å²) < 4.78 is 0.791. The summed E-state index contributed by atoms with van der Waals surface area (Å²) in [5, 5.41) is 0.762. The fraction of sp³-hybridized carbons (Fsp3) is 0.278. The summed E-state index contributed by atoms with van der Waals surface area (Å²) in [6, 6.07) is 9.96. The largest absolute Gasteiger partial charge is 0.295 e. The van der Waals surface area contributed by atoms with E-state index in [1.807, 2.05) is 24.3 Å². The van der Waals surface area contributed by atoms with E-state index in [0.29, 0.717) is 12.1 Å². The van der Waals surface area contributed by atoms with Crippen molar-refractivity contribution in [3.05, 3.63) is 67.8 Å². The zero-order chi connectivity index (χ0) is 16.6. The number of hydrogen-bond acceptors (Lipinski definition) is 3. The molecule has 0 unspecified atom stereocenters. The average Bonchev–Trinajstić information content (AvgIpc) is 2.87. The zero-order valence-electron chi connectivity index (χ0n) is 12.8. The molecule has 2 heterocycles. The van der Waals surface area contributed by atoms with Crippen LogP contribution in [0.2, 0.25) is 9.36 Å². The van der Waals surface area contributed by atoms with E-state index >= 15 is 0 Å². The molecule has 1 aromatic heterocycles. The van der Waals surface area contributed by atoms with E-state index in [9.17, 15) is 4.79 Å². The van der Waals surface area contributed by atoms with E-state index in [1.54, 1.807) is 18.3 Å². The lowest BCUT2D eigenvalue weighted by atomic mass is 9.88. The topological polar surface area (TPSA) is 20.3 Å². The van der Waals surface area contributed by atoms with Crippen molar-refractivity contribution in [2.75, 3.05) is 13.1 Å². The second-order valence-electron chi connectivity index (χ2n) is 5.83. The van der Waals surface area contributed by atoms with Crippen LogP contribution >= 0.6 is 34.5 Å². The van der Waals surface area contributed by atoms with Gasteiger partial charge in [0, 0.05) is 41.0 Å². The molecule has 23 heavy (non-hydrogen) atoms. The molecule has 0 spiro atoms. The van der Waals surface area contributed by atoms with Crippen molar-refractivity contribution in [2.24, 2.45) is 0 Å². The molecule has 0 aliphatic carbocycles. The maximum atomic E-state index is 11.5. The summed E-state index contributed by atoms with van der Waals surface area (Å²) in [7, 11) is 0. The first-order valence-electron chi connectivity index (χ1n) is 7.39. The molecule has 2 aromatic rings. The number of benzene rings is 1. The van der Waals surface area contributed by atoms with Crippen LogP contribution in [0.15, 0.2) is 42.5 Å². The molecule has 0 N–H and O–H groups in total. The molecule has 3 rings (SSSR count). The third-order valence-corrected chi connectivity index (χ3v) is 5.80. The molecule has 0 bridgehead atoms. The van der Waals surface area contributed by atoms with E-state index in [2.05, 4.69) is 17.5 Å². The van der Waals surface area contributed by atoms with Gasteiger partial charge in [-0.3, -0.25) is 9.69 Å². The number of nitrogens with zero attached hydrogens (tertiary/aromatic N) is 1. The SMILES string of the molecule is C=C(CN1Cc2sc(Cl)cc2[C@H](c2ccccc2Cl)C1)C(C)=O. The highest BCUT2D eigenvalue weighted by molar-refractivity contribution is 7.16. The zero-order valence-corrected chi connectivity index (χ0v) is 15.1. The van der Waals surface area contributed by atoms with E-state index < -0.39 is 0 Å². The lowest BCUT2D eigenvalue weighted by molar-refractivity contribution is -0.113. The molecule has 1 atom stereocenters. The lowest BCUT2D eigenvalue weighted by Gasteiger charge is -2.33. The number of thiophene rings is 1. The van der Waals surface area contributed by atoms with Crippen molar-refractivity contribution < 1.29 is 4.79 Å². The summed E-state index contributed by atoms with van der Waals surface area (Å²) in [6.45, 7) is 7.61. The smallest absolute Gasteiger partial charge is 0.156 e. The number of carbonyl (C=O) groups is 1. The Morgan fingerprint density at radius 1 is 1.35 bits per heavy atom. The summed E-state index contributed by atoms with van der Waals surface area (Å²) in [6.07, 6.45) is 0. The lowest BCUT2D eigenvalue weighted by Crippen LogP contribution is -2.35. The Morgan fingerprint density at radius 2 is 2.09 bits per heavy atom. The van der Waals surface area contributed by atoms with Crippen LogP contribution in [0.5, 0.6) is 0 Å². The van der Waals surface area contributed by atoms with Crippen molar-refractivity contribution in [3.8, 4) is 0 Å². The first-order valence-corrected chi connectivity index (χ1v) is 8.96. The van der Waals surface area contributed by atoms with Crippen molar-refractivity contribution in [1.29, 1.82) is 0 Å². The van der Waals surface area contributed by atoms with E-state index in [1.165, 1.54) is 10.4 Å². The minimum Gasteiger partial charge on any atom is -0.295 e. The Hall–Kier alpha value is -1.13.